The minimum atomic E-state index is -1.18. The van der Waals surface area contributed by atoms with E-state index in [1.54, 1.807) is 12.1 Å². The summed E-state index contributed by atoms with van der Waals surface area (Å²) in [7, 11) is 0. The van der Waals surface area contributed by atoms with Gasteiger partial charge in [-0.1, -0.05) is 19.1 Å². The van der Waals surface area contributed by atoms with Crippen LogP contribution in [0, 0.1) is 11.3 Å². The number of carbonyl (C=O) groups excluding carboxylic acids is 1. The number of carbonyl (C=O) groups is 1. The summed E-state index contributed by atoms with van der Waals surface area (Å²) in [6.07, 6.45) is 1.95. The van der Waals surface area contributed by atoms with Gasteiger partial charge in [-0.3, -0.25) is 19.1 Å². The van der Waals surface area contributed by atoms with Crippen molar-refractivity contribution in [3.63, 3.8) is 0 Å². The summed E-state index contributed by atoms with van der Waals surface area (Å²) in [5.74, 6) is -1.49. The molecule has 1 unspecified atom stereocenters. The largest absolute Gasteiger partial charge is 0.340 e. The van der Waals surface area contributed by atoms with Crippen molar-refractivity contribution in [1.82, 2.24) is 24.5 Å². The number of hydrogen-bond acceptors (Lipinski definition) is 6. The van der Waals surface area contributed by atoms with Crippen LogP contribution in [0.25, 0.3) is 22.1 Å². The zero-order chi connectivity index (χ0) is 20.5. The molecule has 9 nitrogen and oxygen atoms in total. The maximum atomic E-state index is 13.0. The van der Waals surface area contributed by atoms with E-state index in [0.717, 1.165) is 0 Å². The van der Waals surface area contributed by atoms with Gasteiger partial charge in [0.15, 0.2) is 11.7 Å². The van der Waals surface area contributed by atoms with Crippen molar-refractivity contribution in [2.45, 2.75) is 25.8 Å². The van der Waals surface area contributed by atoms with E-state index in [0.29, 0.717) is 24.0 Å². The van der Waals surface area contributed by atoms with Gasteiger partial charge in [0, 0.05) is 18.3 Å². The van der Waals surface area contributed by atoms with Crippen LogP contribution in [-0.2, 0) is 6.54 Å². The van der Waals surface area contributed by atoms with Crippen molar-refractivity contribution >= 4 is 27.9 Å². The molecule has 0 saturated heterocycles. The molecule has 144 valence electrons. The number of benzene rings is 1. The summed E-state index contributed by atoms with van der Waals surface area (Å²) in [5.41, 5.74) is 0.482. The van der Waals surface area contributed by atoms with Gasteiger partial charge in [0.05, 0.1) is 22.5 Å². The van der Waals surface area contributed by atoms with Crippen molar-refractivity contribution in [1.29, 1.82) is 5.26 Å². The van der Waals surface area contributed by atoms with Gasteiger partial charge in [0.1, 0.15) is 11.5 Å². The second kappa shape index (κ2) is 7.16. The lowest BCUT2D eigenvalue weighted by atomic mass is 9.99. The molecule has 9 heteroatoms. The number of rotatable bonds is 5. The molecule has 0 bridgehead atoms. The zero-order valence-electron chi connectivity index (χ0n) is 15.5. The van der Waals surface area contributed by atoms with Crippen LogP contribution in [0.3, 0.4) is 0 Å². The van der Waals surface area contributed by atoms with Gasteiger partial charge in [-0.2, -0.15) is 5.26 Å². The molecular weight excluding hydrogens is 372 g/mol. The Hall–Kier alpha value is -4.06. The third kappa shape index (κ3) is 3.10. The number of hydrogen-bond donors (Lipinski definition) is 2. The highest BCUT2D eigenvalue weighted by atomic mass is 16.2. The highest BCUT2D eigenvalue weighted by Gasteiger charge is 2.26. The second-order valence-electron chi connectivity index (χ2n) is 6.57. The van der Waals surface area contributed by atoms with E-state index in [1.807, 2.05) is 25.1 Å². The summed E-state index contributed by atoms with van der Waals surface area (Å²) < 4.78 is 1.35. The van der Waals surface area contributed by atoms with Gasteiger partial charge in [0.25, 0.3) is 5.56 Å². The van der Waals surface area contributed by atoms with Crippen LogP contribution in [0.5, 0.6) is 0 Å². The molecule has 4 aromatic rings. The summed E-state index contributed by atoms with van der Waals surface area (Å²) in [5, 5.41) is 9.71. The van der Waals surface area contributed by atoms with E-state index in [-0.39, 0.29) is 22.4 Å². The minimum absolute atomic E-state index is 0.0942. The molecule has 3 heterocycles. The lowest BCUT2D eigenvalue weighted by molar-refractivity contribution is 0.0976. The Balaban J connectivity index is 1.80. The van der Waals surface area contributed by atoms with Gasteiger partial charge >= 0.3 is 5.69 Å². The molecule has 0 aliphatic heterocycles. The Kier molecular flexibility index (Phi) is 4.52. The Morgan fingerprint density at radius 1 is 1.28 bits per heavy atom. The molecule has 0 spiro atoms. The van der Waals surface area contributed by atoms with Gasteiger partial charge in [-0.15, -0.1) is 0 Å². The molecule has 29 heavy (non-hydrogen) atoms. The third-order valence-electron chi connectivity index (χ3n) is 4.64. The number of pyridine rings is 1. The first-order chi connectivity index (χ1) is 14.0. The molecule has 0 aliphatic rings. The predicted octanol–water partition coefficient (Wildman–Crippen LogP) is 1.86. The van der Waals surface area contributed by atoms with Crippen molar-refractivity contribution in [2.75, 3.05) is 0 Å². The van der Waals surface area contributed by atoms with Crippen molar-refractivity contribution in [3.05, 3.63) is 68.8 Å². The van der Waals surface area contributed by atoms with Crippen molar-refractivity contribution < 1.29 is 4.79 Å². The molecule has 1 atom stereocenters. The Morgan fingerprint density at radius 2 is 2.07 bits per heavy atom. The number of nitriles is 1. The number of aryl methyl sites for hydroxylation is 1. The fraction of sp³-hybridized carbons (Fsp3) is 0.200. The number of nitrogens with one attached hydrogen (secondary N) is 2. The molecule has 3 aromatic heterocycles. The fourth-order valence-electron chi connectivity index (χ4n) is 3.25. The number of nitrogens with zero attached hydrogens (tertiary/aromatic N) is 4. The minimum Gasteiger partial charge on any atom is -0.340 e. The summed E-state index contributed by atoms with van der Waals surface area (Å²) in [4.78, 5) is 51.0. The van der Waals surface area contributed by atoms with Crippen LogP contribution in [0.4, 0.5) is 0 Å². The molecule has 0 saturated carbocycles. The zero-order valence-corrected chi connectivity index (χ0v) is 15.5. The van der Waals surface area contributed by atoms with Crippen LogP contribution in [0.1, 0.15) is 35.4 Å². The fourth-order valence-corrected chi connectivity index (χ4v) is 3.25. The highest BCUT2D eigenvalue weighted by molar-refractivity contribution is 6.04. The van der Waals surface area contributed by atoms with E-state index >= 15 is 0 Å². The molecule has 0 aliphatic carbocycles. The lowest BCUT2D eigenvalue weighted by Crippen LogP contribution is -2.31. The molecular formula is C20H16N6O3. The number of fused-ring (bicyclic) bond motifs is 2. The number of aromatic amines is 2. The number of aromatic nitrogens is 5. The van der Waals surface area contributed by atoms with Crippen LogP contribution >= 0.6 is 0 Å². The maximum Gasteiger partial charge on any atom is 0.329 e. The van der Waals surface area contributed by atoms with Crippen LogP contribution in [0.2, 0.25) is 0 Å². The third-order valence-corrected chi connectivity index (χ3v) is 4.64. The first-order valence-electron chi connectivity index (χ1n) is 9.04. The average molecular weight is 388 g/mol. The summed E-state index contributed by atoms with van der Waals surface area (Å²) in [6.45, 7) is 2.28. The first kappa shape index (κ1) is 18.3. The molecule has 2 N–H and O–H groups in total. The van der Waals surface area contributed by atoms with E-state index in [4.69, 9.17) is 0 Å². The number of Topliss-reactive ketones (excluding diaryl/α,β-unsaturated/α-hetero) is 1. The highest BCUT2D eigenvalue weighted by Crippen LogP contribution is 2.22. The first-order valence-corrected chi connectivity index (χ1v) is 9.04. The molecule has 0 amide bonds. The van der Waals surface area contributed by atoms with E-state index in [1.165, 1.54) is 16.8 Å². The smallest absolute Gasteiger partial charge is 0.329 e. The van der Waals surface area contributed by atoms with Crippen LogP contribution < -0.4 is 11.2 Å². The Labute approximate surface area is 163 Å². The number of ketones is 1. The van der Waals surface area contributed by atoms with E-state index in [2.05, 4.69) is 19.9 Å². The van der Waals surface area contributed by atoms with Gasteiger partial charge in [-0.05, 0) is 24.6 Å². The lowest BCUT2D eigenvalue weighted by Gasteiger charge is -2.09. The van der Waals surface area contributed by atoms with Crippen LogP contribution in [0.15, 0.2) is 46.1 Å². The quantitative estimate of drug-likeness (QED) is 0.501. The molecule has 1 aromatic carbocycles. The normalized spacial score (nSPS) is 12.1. The molecule has 4 rings (SSSR count). The Morgan fingerprint density at radius 3 is 2.79 bits per heavy atom. The van der Waals surface area contributed by atoms with Gasteiger partial charge in [0.2, 0.25) is 0 Å². The number of para-hydroxylation sites is 2. The molecule has 0 fully saturated rings. The second-order valence-corrected chi connectivity index (χ2v) is 6.57. The molecule has 0 radical (unpaired) electrons. The van der Waals surface area contributed by atoms with Crippen LogP contribution in [-0.4, -0.2) is 30.3 Å². The SMILES string of the molecule is CCCn1c(=O)[nH]c(=O)c2cc(C(=O)C(C#N)c3nc4ccccc4[nH]3)cnc21. The standard InChI is InChI=1S/C20H16N6O3/c1-2-7-26-18-12(19(28)25-20(26)29)8-11(10-22-18)16(27)13(9-21)17-23-14-5-3-4-6-15(14)24-17/h3-6,8,10,13H,2,7H2,1H3,(H,23,24)(H,25,28,29). The summed E-state index contributed by atoms with van der Waals surface area (Å²) >= 11 is 0. The van der Waals surface area contributed by atoms with Crippen molar-refractivity contribution in [3.8, 4) is 6.07 Å². The van der Waals surface area contributed by atoms with Crippen molar-refractivity contribution in [2.24, 2.45) is 0 Å². The van der Waals surface area contributed by atoms with E-state index < -0.39 is 23.0 Å². The monoisotopic (exact) mass is 388 g/mol. The topological polar surface area (TPSA) is 137 Å². The maximum absolute atomic E-state index is 13.0. The van der Waals surface area contributed by atoms with E-state index in [9.17, 15) is 19.6 Å². The van der Waals surface area contributed by atoms with Gasteiger partial charge < -0.3 is 4.98 Å². The average Bonchev–Trinajstić information content (AvgIpc) is 3.15. The summed E-state index contributed by atoms with van der Waals surface area (Å²) in [6, 6.07) is 10.5. The van der Waals surface area contributed by atoms with Gasteiger partial charge in [-0.25, -0.2) is 14.8 Å². The Bertz CT molecular complexity index is 1370. The number of H-pyrrole nitrogens is 2. The number of imidazole rings is 1. The predicted molar refractivity (Wildman–Crippen MR) is 106 cm³/mol.